The number of carbonyl (C=O) groups excluding carboxylic acids is 1. The lowest BCUT2D eigenvalue weighted by molar-refractivity contribution is 0.262. The summed E-state index contributed by atoms with van der Waals surface area (Å²) < 4.78 is 7.12. The summed E-state index contributed by atoms with van der Waals surface area (Å²) in [5.74, 6) is 1.06. The Morgan fingerprint density at radius 2 is 1.79 bits per heavy atom. The van der Waals surface area contributed by atoms with Gasteiger partial charge in [0, 0.05) is 22.9 Å². The van der Waals surface area contributed by atoms with E-state index in [1.807, 2.05) is 61.7 Å². The quantitative estimate of drug-likeness (QED) is 0.460. The highest BCUT2D eigenvalue weighted by Crippen LogP contribution is 2.26. The van der Waals surface area contributed by atoms with Crippen LogP contribution in [0, 0.1) is 0 Å². The highest BCUT2D eigenvalue weighted by atomic mass is 35.5. The van der Waals surface area contributed by atoms with E-state index in [9.17, 15) is 4.79 Å². The molecule has 4 aromatic rings. The highest BCUT2D eigenvalue weighted by molar-refractivity contribution is 6.29. The van der Waals surface area contributed by atoms with Gasteiger partial charge in [0.2, 0.25) is 5.28 Å². The molecule has 0 aliphatic rings. The summed E-state index contributed by atoms with van der Waals surface area (Å²) >= 11 is 6.31. The first kappa shape index (κ1) is 19.0. The predicted molar refractivity (Wildman–Crippen MR) is 114 cm³/mol. The number of urea groups is 1. The van der Waals surface area contributed by atoms with Crippen LogP contribution in [0.3, 0.4) is 0 Å². The number of hydrogen-bond donors (Lipinski definition) is 2. The fourth-order valence-corrected chi connectivity index (χ4v) is 3.18. The lowest BCUT2D eigenvalue weighted by atomic mass is 9.93. The molecule has 29 heavy (non-hydrogen) atoms. The average Bonchev–Trinajstić information content (AvgIpc) is 3.26. The molecule has 2 aromatic heterocycles. The largest absolute Gasteiger partial charge is 0.359 e. The molecule has 2 heterocycles. The molecule has 0 fully saturated rings. The fourth-order valence-electron chi connectivity index (χ4n) is 2.90. The first-order valence-corrected chi connectivity index (χ1v) is 9.48. The minimum Gasteiger partial charge on any atom is -0.359 e. The van der Waals surface area contributed by atoms with Gasteiger partial charge in [0.25, 0.3) is 0 Å². The number of fused-ring (bicyclic) bond motifs is 1. The monoisotopic (exact) mass is 409 g/mol. The van der Waals surface area contributed by atoms with Gasteiger partial charge in [0.1, 0.15) is 5.76 Å². The minimum absolute atomic E-state index is 0.183. The zero-order valence-electron chi connectivity index (χ0n) is 16.2. The summed E-state index contributed by atoms with van der Waals surface area (Å²) in [6.45, 7) is 6.03. The van der Waals surface area contributed by atoms with Crippen molar-refractivity contribution in [2.45, 2.75) is 26.2 Å². The van der Waals surface area contributed by atoms with Crippen molar-refractivity contribution in [2.75, 3.05) is 10.6 Å². The highest BCUT2D eigenvalue weighted by Gasteiger charge is 2.20. The van der Waals surface area contributed by atoms with Gasteiger partial charge in [-0.25, -0.2) is 9.78 Å². The van der Waals surface area contributed by atoms with Crippen LogP contribution in [0.25, 0.3) is 16.7 Å². The summed E-state index contributed by atoms with van der Waals surface area (Å²) in [5, 5.41) is 9.70. The van der Waals surface area contributed by atoms with E-state index in [4.69, 9.17) is 16.1 Å². The maximum absolute atomic E-state index is 12.2. The Morgan fingerprint density at radius 3 is 2.48 bits per heavy atom. The van der Waals surface area contributed by atoms with Gasteiger partial charge in [-0.1, -0.05) is 38.1 Å². The normalized spacial score (nSPS) is 11.6. The van der Waals surface area contributed by atoms with Crippen molar-refractivity contribution >= 4 is 40.2 Å². The summed E-state index contributed by atoms with van der Waals surface area (Å²) in [6.07, 6.45) is 0. The second-order valence-corrected chi connectivity index (χ2v) is 8.00. The van der Waals surface area contributed by atoms with Gasteiger partial charge in [-0.3, -0.25) is 9.88 Å². The Labute approximate surface area is 172 Å². The summed E-state index contributed by atoms with van der Waals surface area (Å²) in [4.78, 5) is 16.6. The fraction of sp³-hybridized carbons (Fsp3) is 0.190. The third-order valence-corrected chi connectivity index (χ3v) is 4.65. The van der Waals surface area contributed by atoms with Gasteiger partial charge in [0.15, 0.2) is 5.82 Å². The number of imidazole rings is 1. The van der Waals surface area contributed by atoms with Crippen LogP contribution in [0.5, 0.6) is 0 Å². The maximum atomic E-state index is 12.2. The van der Waals surface area contributed by atoms with E-state index in [1.54, 1.807) is 18.2 Å². The smallest absolute Gasteiger partial charge is 0.324 e. The zero-order chi connectivity index (χ0) is 20.6. The van der Waals surface area contributed by atoms with Gasteiger partial charge >= 0.3 is 6.03 Å². The molecule has 8 heteroatoms. The van der Waals surface area contributed by atoms with E-state index in [1.165, 1.54) is 0 Å². The van der Waals surface area contributed by atoms with Gasteiger partial charge in [-0.2, -0.15) is 0 Å². The molecule has 0 atom stereocenters. The number of anilines is 2. The van der Waals surface area contributed by atoms with Gasteiger partial charge in [-0.05, 0) is 48.0 Å². The molecule has 0 aliphatic heterocycles. The molecule has 2 amide bonds. The Balaban J connectivity index is 1.47. The molecule has 2 aromatic carbocycles. The van der Waals surface area contributed by atoms with Crippen LogP contribution < -0.4 is 10.6 Å². The van der Waals surface area contributed by atoms with Crippen LogP contribution in [0.15, 0.2) is 59.1 Å². The van der Waals surface area contributed by atoms with Crippen molar-refractivity contribution in [1.82, 2.24) is 14.7 Å². The molecule has 0 spiro atoms. The number of para-hydroxylation sites is 2. The number of nitrogens with zero attached hydrogens (tertiary/aromatic N) is 3. The standard InChI is InChI=1S/C21H20ClN5O2/c1-21(2,3)17-12-18(26-29-17)25-20(28)23-13-8-10-14(11-9-13)27-16-7-5-4-6-15(16)24-19(27)22/h4-12H,1-3H3,(H2,23,25,26,28). The number of hydrogen-bond acceptors (Lipinski definition) is 4. The van der Waals surface area contributed by atoms with E-state index in [-0.39, 0.29) is 5.41 Å². The molecule has 0 aliphatic carbocycles. The van der Waals surface area contributed by atoms with Gasteiger partial charge < -0.3 is 9.84 Å². The summed E-state index contributed by atoms with van der Waals surface area (Å²) in [7, 11) is 0. The third-order valence-electron chi connectivity index (χ3n) is 4.39. The van der Waals surface area contributed by atoms with Gasteiger partial charge in [-0.15, -0.1) is 0 Å². The minimum atomic E-state index is -0.405. The first-order valence-electron chi connectivity index (χ1n) is 9.10. The Kier molecular flexibility index (Phi) is 4.76. The Hall–Kier alpha value is -3.32. The molecular formula is C21H20ClN5O2. The maximum Gasteiger partial charge on any atom is 0.324 e. The first-order chi connectivity index (χ1) is 13.8. The van der Waals surface area contributed by atoms with E-state index < -0.39 is 6.03 Å². The van der Waals surface area contributed by atoms with Crippen LogP contribution in [0.1, 0.15) is 26.5 Å². The molecule has 2 N–H and O–H groups in total. The number of nitrogens with one attached hydrogen (secondary N) is 2. The lowest BCUT2D eigenvalue weighted by Crippen LogP contribution is -2.19. The van der Waals surface area contributed by atoms with E-state index in [2.05, 4.69) is 20.8 Å². The van der Waals surface area contributed by atoms with E-state index in [0.29, 0.717) is 22.5 Å². The van der Waals surface area contributed by atoms with Crippen molar-refractivity contribution in [2.24, 2.45) is 0 Å². The van der Waals surface area contributed by atoms with Crippen LogP contribution >= 0.6 is 11.6 Å². The second kappa shape index (κ2) is 7.25. The number of benzene rings is 2. The van der Waals surface area contributed by atoms with Crippen molar-refractivity contribution in [3.63, 3.8) is 0 Å². The number of aromatic nitrogens is 3. The van der Waals surface area contributed by atoms with E-state index in [0.717, 1.165) is 16.7 Å². The summed E-state index contributed by atoms with van der Waals surface area (Å²) in [6, 6.07) is 16.4. The van der Waals surface area contributed by atoms with Crippen LogP contribution in [0.2, 0.25) is 5.28 Å². The number of carbonyl (C=O) groups is 1. The number of halogens is 1. The number of amides is 2. The Morgan fingerprint density at radius 1 is 1.07 bits per heavy atom. The topological polar surface area (TPSA) is 85.0 Å². The Bertz CT molecular complexity index is 1170. The average molecular weight is 410 g/mol. The summed E-state index contributed by atoms with van der Waals surface area (Å²) in [5.41, 5.74) is 3.03. The third kappa shape index (κ3) is 3.95. The van der Waals surface area contributed by atoms with Crippen molar-refractivity contribution in [3.05, 3.63) is 65.6 Å². The molecular weight excluding hydrogens is 390 g/mol. The molecule has 0 saturated carbocycles. The SMILES string of the molecule is CC(C)(C)c1cc(NC(=O)Nc2ccc(-n3c(Cl)nc4ccccc43)cc2)no1. The van der Waals surface area contributed by atoms with Crippen LogP contribution in [-0.2, 0) is 5.41 Å². The molecule has 0 bridgehead atoms. The molecule has 0 unspecified atom stereocenters. The molecule has 7 nitrogen and oxygen atoms in total. The van der Waals surface area contributed by atoms with Gasteiger partial charge in [0.05, 0.1) is 11.0 Å². The lowest BCUT2D eigenvalue weighted by Gasteiger charge is -2.12. The van der Waals surface area contributed by atoms with Crippen LogP contribution in [0.4, 0.5) is 16.3 Å². The van der Waals surface area contributed by atoms with Crippen molar-refractivity contribution in [1.29, 1.82) is 0 Å². The molecule has 4 rings (SSSR count). The number of rotatable bonds is 3. The predicted octanol–water partition coefficient (Wildman–Crippen LogP) is 5.61. The second-order valence-electron chi connectivity index (χ2n) is 7.66. The molecule has 0 radical (unpaired) electrons. The zero-order valence-corrected chi connectivity index (χ0v) is 17.0. The van der Waals surface area contributed by atoms with Crippen molar-refractivity contribution in [3.8, 4) is 5.69 Å². The van der Waals surface area contributed by atoms with E-state index >= 15 is 0 Å². The van der Waals surface area contributed by atoms with Crippen molar-refractivity contribution < 1.29 is 9.32 Å². The molecule has 0 saturated heterocycles. The molecule has 148 valence electrons. The van der Waals surface area contributed by atoms with Crippen LogP contribution in [-0.4, -0.2) is 20.7 Å².